The number of benzene rings is 5. The van der Waals surface area contributed by atoms with Crippen LogP contribution in [0.25, 0.3) is 0 Å². The third kappa shape index (κ3) is 6.04. The van der Waals surface area contributed by atoms with Crippen molar-refractivity contribution in [3.8, 4) is 0 Å². The van der Waals surface area contributed by atoms with Crippen LogP contribution in [-0.2, 0) is 35.7 Å². The van der Waals surface area contributed by atoms with Crippen LogP contribution in [0.4, 0.5) is 0 Å². The van der Waals surface area contributed by atoms with Crippen molar-refractivity contribution in [3.63, 3.8) is 0 Å². The number of fused-ring (bicyclic) bond motifs is 4. The number of carbonyl (C=O) groups excluding carboxylic acids is 2. The molecule has 0 aliphatic heterocycles. The summed E-state index contributed by atoms with van der Waals surface area (Å²) >= 11 is 0. The summed E-state index contributed by atoms with van der Waals surface area (Å²) in [7, 11) is -3.79. The minimum Gasteiger partial charge on any atom is -0.306 e. The maximum Gasteiger partial charge on any atom is 0.243 e. The zero-order valence-corrected chi connectivity index (χ0v) is 28.9. The van der Waals surface area contributed by atoms with E-state index >= 15 is 0 Å². The number of nitrogens with zero attached hydrogens (tertiary/aromatic N) is 1. The predicted octanol–water partition coefficient (Wildman–Crippen LogP) is 7.55. The van der Waals surface area contributed by atoms with Gasteiger partial charge in [-0.25, -0.2) is 8.42 Å². The molecule has 5 aromatic rings. The molecule has 6 nitrogen and oxygen atoms in total. The second-order valence-corrected chi connectivity index (χ2v) is 15.9. The van der Waals surface area contributed by atoms with Gasteiger partial charge in [-0.2, -0.15) is 4.31 Å². The van der Waals surface area contributed by atoms with Crippen LogP contribution in [0.5, 0.6) is 0 Å². The summed E-state index contributed by atoms with van der Waals surface area (Å²) in [6.45, 7) is 1.94. The smallest absolute Gasteiger partial charge is 0.243 e. The molecule has 0 aromatic heterocycles. The second-order valence-electron chi connectivity index (χ2n) is 14.0. The maximum atomic E-state index is 13.9. The molecule has 0 saturated heterocycles. The van der Waals surface area contributed by atoms with E-state index in [-0.39, 0.29) is 35.0 Å². The minimum absolute atomic E-state index is 0.00946. The summed E-state index contributed by atoms with van der Waals surface area (Å²) in [6.07, 6.45) is 4.26. The van der Waals surface area contributed by atoms with Gasteiger partial charge in [0.25, 0.3) is 0 Å². The van der Waals surface area contributed by atoms with Crippen molar-refractivity contribution in [3.05, 3.63) is 171 Å². The molecule has 252 valence electrons. The lowest BCUT2D eigenvalue weighted by atomic mass is 10.1. The van der Waals surface area contributed by atoms with Gasteiger partial charge < -0.3 is 5.32 Å². The quantitative estimate of drug-likeness (QED) is 0.200. The van der Waals surface area contributed by atoms with E-state index in [1.54, 1.807) is 22.5 Å². The normalized spacial score (nSPS) is 19.6. The van der Waals surface area contributed by atoms with Crippen molar-refractivity contribution in [2.45, 2.75) is 74.5 Å². The number of ketones is 2. The van der Waals surface area contributed by atoms with Gasteiger partial charge >= 0.3 is 0 Å². The molecule has 0 amide bonds. The van der Waals surface area contributed by atoms with Gasteiger partial charge in [0.2, 0.25) is 10.0 Å². The van der Waals surface area contributed by atoms with E-state index in [9.17, 15) is 18.0 Å². The van der Waals surface area contributed by atoms with Gasteiger partial charge in [-0.15, -0.1) is 0 Å². The van der Waals surface area contributed by atoms with Crippen LogP contribution in [-0.4, -0.2) is 36.4 Å². The van der Waals surface area contributed by atoms with Crippen LogP contribution in [0.15, 0.2) is 126 Å². The molecule has 0 bridgehead atoms. The number of hydrogen-bond acceptors (Lipinski definition) is 5. The lowest BCUT2D eigenvalue weighted by Gasteiger charge is -2.33. The number of nitrogens with one attached hydrogen (secondary N) is 1. The van der Waals surface area contributed by atoms with Gasteiger partial charge in [0.05, 0.1) is 10.9 Å². The van der Waals surface area contributed by atoms with E-state index in [1.807, 2.05) is 67.6 Å². The molecule has 4 aliphatic rings. The molecule has 9 rings (SSSR count). The molecular weight excluding hydrogens is 641 g/mol. The fourth-order valence-electron chi connectivity index (χ4n) is 8.40. The molecule has 0 fully saturated rings. The number of rotatable bonds is 6. The molecule has 0 heterocycles. The highest BCUT2D eigenvalue weighted by Gasteiger charge is 2.44. The third-order valence-electron chi connectivity index (χ3n) is 10.8. The lowest BCUT2D eigenvalue weighted by Crippen LogP contribution is -2.43. The van der Waals surface area contributed by atoms with E-state index in [0.29, 0.717) is 30.9 Å². The summed E-state index contributed by atoms with van der Waals surface area (Å²) in [4.78, 5) is 25.0. The first-order valence-electron chi connectivity index (χ1n) is 17.5. The van der Waals surface area contributed by atoms with Crippen LogP contribution in [0.2, 0.25) is 0 Å². The molecule has 0 spiro atoms. The van der Waals surface area contributed by atoms with Crippen molar-refractivity contribution in [2.75, 3.05) is 0 Å². The minimum atomic E-state index is -3.79. The zero-order chi connectivity index (χ0) is 34.4. The first kappa shape index (κ1) is 32.5. The Morgan fingerprint density at radius 3 is 1.64 bits per heavy atom. The van der Waals surface area contributed by atoms with Gasteiger partial charge in [-0.05, 0) is 78.1 Å². The van der Waals surface area contributed by atoms with E-state index < -0.39 is 16.1 Å². The summed E-state index contributed by atoms with van der Waals surface area (Å²) in [5, 5.41) is 3.69. The number of Topliss-reactive ketones (excluding diaryl/α,β-unsaturated/α-hetero) is 2. The number of hydrogen-bond donors (Lipinski definition) is 1. The molecule has 7 heteroatoms. The Morgan fingerprint density at radius 1 is 0.560 bits per heavy atom. The van der Waals surface area contributed by atoms with Crippen LogP contribution in [0, 0.1) is 6.92 Å². The van der Waals surface area contributed by atoms with Crippen LogP contribution < -0.4 is 5.32 Å². The summed E-state index contributed by atoms with van der Waals surface area (Å²) in [5.74, 6) is 0.281. The average Bonchev–Trinajstić information content (AvgIpc) is 3.89. The van der Waals surface area contributed by atoms with Gasteiger partial charge in [0.1, 0.15) is 0 Å². The van der Waals surface area contributed by atoms with E-state index in [1.165, 1.54) is 27.8 Å². The highest BCUT2D eigenvalue weighted by Crippen LogP contribution is 2.42. The molecule has 2 atom stereocenters. The summed E-state index contributed by atoms with van der Waals surface area (Å²) in [6, 6.07) is 39.1. The first-order chi connectivity index (χ1) is 24.3. The fourth-order valence-corrected chi connectivity index (χ4v) is 10.2. The molecule has 1 N–H and O–H groups in total. The van der Waals surface area contributed by atoms with Gasteiger partial charge in [0.15, 0.2) is 11.6 Å². The number of carbonyl (C=O) groups is 2. The summed E-state index contributed by atoms with van der Waals surface area (Å²) < 4.78 is 29.4. The Kier molecular flexibility index (Phi) is 8.59. The highest BCUT2D eigenvalue weighted by molar-refractivity contribution is 7.89. The standard InChI is InChI=1S/C25H23NO3S.C18H17NO/c1-17-10-12-21(13-11-17)30(28,29)26(20-14-18-6-2-3-7-19(18)15-20)24-16-25(27)23-9-5-4-8-22(23)24;20-18-11-17(15-7-3-4-8-16(15)18)19-14-9-12-5-1-2-6-13(12)10-14/h2-13,20,24H,14-16H2,1H3;1-8,14,17,19H,9-11H2. The Bertz CT molecular complexity index is 2160. The summed E-state index contributed by atoms with van der Waals surface area (Å²) in [5.41, 5.74) is 9.80. The molecule has 2 unspecified atom stereocenters. The van der Waals surface area contributed by atoms with E-state index in [4.69, 9.17) is 0 Å². The monoisotopic (exact) mass is 680 g/mol. The van der Waals surface area contributed by atoms with Crippen molar-refractivity contribution in [2.24, 2.45) is 0 Å². The van der Waals surface area contributed by atoms with E-state index in [2.05, 4.69) is 47.8 Å². The SMILES string of the molecule is Cc1ccc(S(=O)(=O)N(C2Cc3ccccc3C2)C2CC(=O)c3ccccc32)cc1.O=C1CC(NC2Cc3ccccc3C2)c2ccccc21. The highest BCUT2D eigenvalue weighted by atomic mass is 32.2. The van der Waals surface area contributed by atoms with Crippen molar-refractivity contribution >= 4 is 21.6 Å². The van der Waals surface area contributed by atoms with E-state index in [0.717, 1.165) is 29.5 Å². The maximum absolute atomic E-state index is 13.9. The predicted molar refractivity (Wildman–Crippen MR) is 195 cm³/mol. The fraction of sp³-hybridized carbons (Fsp3) is 0.256. The Morgan fingerprint density at radius 2 is 1.04 bits per heavy atom. The molecule has 0 saturated carbocycles. The second kappa shape index (κ2) is 13.2. The Balaban J connectivity index is 0.000000156. The third-order valence-corrected chi connectivity index (χ3v) is 12.8. The molecule has 0 radical (unpaired) electrons. The molecule has 50 heavy (non-hydrogen) atoms. The largest absolute Gasteiger partial charge is 0.306 e. The van der Waals surface area contributed by atoms with Crippen LogP contribution in [0.1, 0.15) is 84.6 Å². The molecule has 5 aromatic carbocycles. The molecular formula is C43H40N2O4S. The Hall–Kier alpha value is -4.69. The number of sulfonamides is 1. The van der Waals surface area contributed by atoms with Gasteiger partial charge in [-0.3, -0.25) is 9.59 Å². The lowest BCUT2D eigenvalue weighted by molar-refractivity contribution is 0.0966. The van der Waals surface area contributed by atoms with Gasteiger partial charge in [0, 0.05) is 42.1 Å². The number of aryl methyl sites for hydroxylation is 1. The first-order valence-corrected chi connectivity index (χ1v) is 18.9. The van der Waals surface area contributed by atoms with Crippen molar-refractivity contribution < 1.29 is 18.0 Å². The van der Waals surface area contributed by atoms with Crippen LogP contribution in [0.3, 0.4) is 0 Å². The van der Waals surface area contributed by atoms with Crippen LogP contribution >= 0.6 is 0 Å². The van der Waals surface area contributed by atoms with Crippen molar-refractivity contribution in [1.29, 1.82) is 0 Å². The zero-order valence-electron chi connectivity index (χ0n) is 28.1. The Labute approximate surface area is 294 Å². The van der Waals surface area contributed by atoms with Crippen molar-refractivity contribution in [1.82, 2.24) is 9.62 Å². The van der Waals surface area contributed by atoms with Gasteiger partial charge in [-0.1, -0.05) is 115 Å². The molecule has 4 aliphatic carbocycles. The topological polar surface area (TPSA) is 83.6 Å². The average molecular weight is 681 g/mol.